The van der Waals surface area contributed by atoms with E-state index in [1.807, 2.05) is 6.92 Å². The Balaban J connectivity index is 1.83. The number of nitrogens with one attached hydrogen (secondary N) is 1. The summed E-state index contributed by atoms with van der Waals surface area (Å²) >= 11 is 0. The fourth-order valence-electron chi connectivity index (χ4n) is 4.28. The van der Waals surface area contributed by atoms with Gasteiger partial charge >= 0.3 is 25.2 Å². The quantitative estimate of drug-likeness (QED) is 0.268. The molecule has 1 saturated carbocycles. The molecule has 2 aliphatic rings. The maximum atomic E-state index is 14.0. The number of carbonyl (C=O) groups excluding carboxylic acids is 2. The van der Waals surface area contributed by atoms with Crippen molar-refractivity contribution in [2.75, 3.05) is 20.7 Å². The number of esters is 2. The zero-order valence-electron chi connectivity index (χ0n) is 23.0. The molecule has 1 aromatic heterocycles. The van der Waals surface area contributed by atoms with Crippen LogP contribution in [0.2, 0.25) is 0 Å². The van der Waals surface area contributed by atoms with Crippen LogP contribution in [0, 0.1) is 16.7 Å². The molecule has 1 aliphatic carbocycles. The van der Waals surface area contributed by atoms with Gasteiger partial charge in [-0.05, 0) is 48.0 Å². The highest BCUT2D eigenvalue weighted by atomic mass is 31.2. The first-order valence-electron chi connectivity index (χ1n) is 12.2. The van der Waals surface area contributed by atoms with E-state index in [0.717, 1.165) is 0 Å². The van der Waals surface area contributed by atoms with Crippen molar-refractivity contribution in [1.29, 1.82) is 0 Å². The Labute approximate surface area is 220 Å². The predicted molar refractivity (Wildman–Crippen MR) is 133 cm³/mol. The van der Waals surface area contributed by atoms with E-state index in [9.17, 15) is 23.7 Å². The van der Waals surface area contributed by atoms with Crippen LogP contribution in [0.25, 0.3) is 0 Å². The molecule has 1 aliphatic heterocycles. The van der Waals surface area contributed by atoms with Crippen LogP contribution in [0.1, 0.15) is 61.1 Å². The third-order valence-electron chi connectivity index (χ3n) is 6.65. The van der Waals surface area contributed by atoms with E-state index >= 15 is 0 Å². The first kappa shape index (κ1) is 30.2. The van der Waals surface area contributed by atoms with Crippen molar-refractivity contribution in [1.82, 2.24) is 9.55 Å². The number of aromatic amines is 1. The van der Waals surface area contributed by atoms with Crippen LogP contribution >= 0.6 is 7.60 Å². The van der Waals surface area contributed by atoms with Crippen molar-refractivity contribution in [2.45, 2.75) is 78.5 Å². The Morgan fingerprint density at radius 1 is 1.08 bits per heavy atom. The van der Waals surface area contributed by atoms with E-state index in [1.165, 1.54) is 23.9 Å². The van der Waals surface area contributed by atoms with E-state index in [4.69, 9.17) is 28.0 Å². The van der Waals surface area contributed by atoms with Crippen LogP contribution in [0.4, 0.5) is 0 Å². The molecule has 13 nitrogen and oxygen atoms in total. The highest BCUT2D eigenvalue weighted by Crippen LogP contribution is 2.73. The van der Waals surface area contributed by atoms with Gasteiger partial charge in [0.15, 0.2) is 6.23 Å². The van der Waals surface area contributed by atoms with E-state index in [0.29, 0.717) is 0 Å². The number of ether oxygens (including phenoxy) is 4. The molecular formula is C24H37N2O11P. The van der Waals surface area contributed by atoms with Gasteiger partial charge in [0.2, 0.25) is 13.6 Å². The van der Waals surface area contributed by atoms with Crippen LogP contribution in [0.3, 0.4) is 0 Å². The van der Waals surface area contributed by atoms with Gasteiger partial charge in [0.25, 0.3) is 5.56 Å². The molecule has 1 saturated heterocycles. The molecule has 14 heteroatoms. The molecule has 1 aromatic rings. The van der Waals surface area contributed by atoms with Gasteiger partial charge in [0, 0.05) is 25.3 Å². The lowest BCUT2D eigenvalue weighted by Crippen LogP contribution is -2.36. The Morgan fingerprint density at radius 3 is 2.05 bits per heavy atom. The van der Waals surface area contributed by atoms with E-state index in [1.54, 1.807) is 41.5 Å². The Kier molecular flexibility index (Phi) is 8.51. The van der Waals surface area contributed by atoms with Gasteiger partial charge in [-0.2, -0.15) is 0 Å². The molecule has 0 bridgehead atoms. The van der Waals surface area contributed by atoms with Gasteiger partial charge in [-0.1, -0.05) is 6.92 Å². The highest BCUT2D eigenvalue weighted by Gasteiger charge is 2.74. The molecule has 3 rings (SSSR count). The Morgan fingerprint density at radius 2 is 1.61 bits per heavy atom. The van der Waals surface area contributed by atoms with Crippen molar-refractivity contribution < 1.29 is 42.1 Å². The molecule has 214 valence electrons. The zero-order valence-corrected chi connectivity index (χ0v) is 23.9. The molecule has 2 heterocycles. The summed E-state index contributed by atoms with van der Waals surface area (Å²) in [5.74, 6) is -1.54. The third kappa shape index (κ3) is 6.12. The Hall–Kier alpha value is -2.31. The average molecular weight is 561 g/mol. The summed E-state index contributed by atoms with van der Waals surface area (Å²) < 4.78 is 48.5. The summed E-state index contributed by atoms with van der Waals surface area (Å²) in [7, 11) is -2.65. The van der Waals surface area contributed by atoms with Crippen LogP contribution < -0.4 is 11.2 Å². The minimum Gasteiger partial charge on any atom is -0.438 e. The molecule has 1 spiro atoms. The summed E-state index contributed by atoms with van der Waals surface area (Å²) in [4.78, 5) is 50.5. The number of hydrogen-bond acceptors (Lipinski definition) is 11. The van der Waals surface area contributed by atoms with Crippen LogP contribution in [-0.2, 0) is 42.1 Å². The van der Waals surface area contributed by atoms with Gasteiger partial charge in [0.05, 0.1) is 22.1 Å². The lowest BCUT2D eigenvalue weighted by molar-refractivity contribution is -0.162. The summed E-state index contributed by atoms with van der Waals surface area (Å²) in [6, 6.07) is 1.18. The molecule has 1 unspecified atom stereocenters. The first-order valence-corrected chi connectivity index (χ1v) is 13.8. The minimum atomic E-state index is -4.10. The van der Waals surface area contributed by atoms with Crippen molar-refractivity contribution in [3.8, 4) is 0 Å². The summed E-state index contributed by atoms with van der Waals surface area (Å²) in [5.41, 5.74) is -4.81. The molecule has 38 heavy (non-hydrogen) atoms. The van der Waals surface area contributed by atoms with Crippen LogP contribution in [0.15, 0.2) is 21.9 Å². The molecule has 0 amide bonds. The lowest BCUT2D eigenvalue weighted by Gasteiger charge is -2.24. The third-order valence-corrected chi connectivity index (χ3v) is 8.96. The van der Waals surface area contributed by atoms with E-state index < -0.39 is 84.7 Å². The number of methoxy groups -OCH3 is 1. The minimum absolute atomic E-state index is 0.209. The molecule has 2 fully saturated rings. The van der Waals surface area contributed by atoms with Crippen molar-refractivity contribution in [3.05, 3.63) is 33.1 Å². The molecule has 0 radical (unpaired) electrons. The number of hydrogen-bond donors (Lipinski definition) is 1. The largest absolute Gasteiger partial charge is 0.438 e. The molecule has 5 atom stereocenters. The van der Waals surface area contributed by atoms with Crippen molar-refractivity contribution in [3.63, 3.8) is 0 Å². The monoisotopic (exact) mass is 560 g/mol. The normalized spacial score (nSPS) is 27.4. The van der Waals surface area contributed by atoms with E-state index in [2.05, 4.69) is 4.98 Å². The second-order valence-electron chi connectivity index (χ2n) is 11.6. The number of H-pyrrole nitrogens is 1. The maximum absolute atomic E-state index is 14.0. The second kappa shape index (κ2) is 10.7. The van der Waals surface area contributed by atoms with Gasteiger partial charge in [-0.15, -0.1) is 0 Å². The first-order chi connectivity index (χ1) is 17.5. The summed E-state index contributed by atoms with van der Waals surface area (Å²) in [6.07, 6.45) is -0.0732. The zero-order chi connectivity index (χ0) is 28.7. The van der Waals surface area contributed by atoms with Crippen LogP contribution in [0.5, 0.6) is 0 Å². The molecular weight excluding hydrogens is 523 g/mol. The summed E-state index contributed by atoms with van der Waals surface area (Å²) in [6.45, 7) is 10.5. The fraction of sp³-hybridized carbons (Fsp3) is 0.750. The maximum Gasteiger partial charge on any atom is 0.342 e. The van der Waals surface area contributed by atoms with Gasteiger partial charge < -0.3 is 18.9 Å². The standard InChI is InChI=1S/C24H37N2O11P/c1-14-17(32-8)18(26-10-9-16(27)25-21(26)30)37-24(14)11-15(24)38(31,35-12-33-19(28)22(2,3)4)36-13-34-20(29)23(5,6)7/h9-10,14-15,17-18H,11-13H2,1-8H3,(H,25,27,30)/t14-,15?,17+,18+,24-/m0/s1. The van der Waals surface area contributed by atoms with Crippen molar-refractivity contribution >= 4 is 19.5 Å². The fourth-order valence-corrected chi connectivity index (χ4v) is 6.46. The van der Waals surface area contributed by atoms with E-state index in [-0.39, 0.29) is 6.42 Å². The topological polar surface area (TPSA) is 161 Å². The van der Waals surface area contributed by atoms with Gasteiger partial charge in [-0.25, -0.2) is 4.79 Å². The van der Waals surface area contributed by atoms with Gasteiger partial charge in [0.1, 0.15) is 6.10 Å². The number of nitrogens with zero attached hydrogens (tertiary/aromatic N) is 1. The molecule has 1 N–H and O–H groups in total. The smallest absolute Gasteiger partial charge is 0.342 e. The predicted octanol–water partition coefficient (Wildman–Crippen LogP) is 2.55. The molecule has 0 aromatic carbocycles. The number of rotatable bonds is 9. The SMILES string of the molecule is CO[C@H]1[C@H](n2ccc(=O)[nH]c2=O)O[C@@]2(CC2P(=O)(OCOC(=O)C(C)(C)C)OCOC(=O)C(C)(C)C)[C@H]1C. The average Bonchev–Trinajstić information content (AvgIpc) is 3.47. The summed E-state index contributed by atoms with van der Waals surface area (Å²) in [5, 5.41) is 0. The van der Waals surface area contributed by atoms with Crippen molar-refractivity contribution in [2.24, 2.45) is 16.7 Å². The number of aromatic nitrogens is 2. The Bertz CT molecular complexity index is 1180. The van der Waals surface area contributed by atoms with Crippen LogP contribution in [-0.4, -0.2) is 59.5 Å². The highest BCUT2D eigenvalue weighted by molar-refractivity contribution is 7.55. The van der Waals surface area contributed by atoms with Gasteiger partial charge in [-0.3, -0.25) is 37.5 Å². The second-order valence-corrected chi connectivity index (χ2v) is 13.8. The lowest BCUT2D eigenvalue weighted by atomic mass is 9.98. The number of carbonyl (C=O) groups is 2.